The standard InChI is InChI=1S/C15H12N2O2/c1-19-13-6-7-15(18)12(8-13)10-17-14-5-3-2-4-11(14)9-16/h2-8,10,18H,1H3. The Morgan fingerprint density at radius 3 is 2.79 bits per heavy atom. The van der Waals surface area contributed by atoms with E-state index in [1.165, 1.54) is 12.3 Å². The maximum absolute atomic E-state index is 9.72. The van der Waals surface area contributed by atoms with Crippen LogP contribution in [0.5, 0.6) is 11.5 Å². The van der Waals surface area contributed by atoms with E-state index in [1.54, 1.807) is 43.5 Å². The number of phenolic OH excluding ortho intramolecular Hbond substituents is 1. The second kappa shape index (κ2) is 5.69. The molecule has 0 bridgehead atoms. The molecular formula is C15H12N2O2. The van der Waals surface area contributed by atoms with Gasteiger partial charge in [-0.1, -0.05) is 12.1 Å². The first-order valence-corrected chi connectivity index (χ1v) is 5.65. The number of hydrogen-bond acceptors (Lipinski definition) is 4. The molecule has 0 aliphatic carbocycles. The highest BCUT2D eigenvalue weighted by Gasteiger charge is 2.02. The van der Waals surface area contributed by atoms with Gasteiger partial charge in [0.1, 0.15) is 17.6 Å². The van der Waals surface area contributed by atoms with Gasteiger partial charge in [-0.25, -0.2) is 0 Å². The van der Waals surface area contributed by atoms with E-state index in [0.29, 0.717) is 22.6 Å². The first-order valence-electron chi connectivity index (χ1n) is 5.65. The van der Waals surface area contributed by atoms with Crippen molar-refractivity contribution in [1.82, 2.24) is 0 Å². The molecule has 0 saturated heterocycles. The number of para-hydroxylation sites is 1. The summed E-state index contributed by atoms with van der Waals surface area (Å²) in [5.41, 5.74) is 1.58. The van der Waals surface area contributed by atoms with Gasteiger partial charge in [-0.3, -0.25) is 4.99 Å². The molecule has 0 aliphatic heterocycles. The zero-order valence-corrected chi connectivity index (χ0v) is 10.4. The van der Waals surface area contributed by atoms with Gasteiger partial charge in [0, 0.05) is 11.8 Å². The normalized spacial score (nSPS) is 10.3. The van der Waals surface area contributed by atoms with Crippen LogP contribution in [0.4, 0.5) is 5.69 Å². The van der Waals surface area contributed by atoms with Crippen molar-refractivity contribution in [1.29, 1.82) is 5.26 Å². The van der Waals surface area contributed by atoms with Crippen molar-refractivity contribution in [2.45, 2.75) is 0 Å². The lowest BCUT2D eigenvalue weighted by atomic mass is 10.2. The van der Waals surface area contributed by atoms with Gasteiger partial charge < -0.3 is 9.84 Å². The van der Waals surface area contributed by atoms with Crippen molar-refractivity contribution >= 4 is 11.9 Å². The Bertz CT molecular complexity index is 657. The summed E-state index contributed by atoms with van der Waals surface area (Å²) in [7, 11) is 1.55. The molecule has 2 aromatic carbocycles. The zero-order valence-electron chi connectivity index (χ0n) is 10.4. The van der Waals surface area contributed by atoms with Crippen LogP contribution in [0.1, 0.15) is 11.1 Å². The van der Waals surface area contributed by atoms with E-state index in [4.69, 9.17) is 10.00 Å². The first kappa shape index (κ1) is 12.7. The lowest BCUT2D eigenvalue weighted by Gasteiger charge is -2.03. The molecule has 2 rings (SSSR count). The fraction of sp³-hybridized carbons (Fsp3) is 0.0667. The van der Waals surface area contributed by atoms with E-state index < -0.39 is 0 Å². The number of aliphatic imine (C=N–C) groups is 1. The van der Waals surface area contributed by atoms with Gasteiger partial charge in [0.15, 0.2) is 0 Å². The SMILES string of the molecule is COc1ccc(O)c(C=Nc2ccccc2C#N)c1. The van der Waals surface area contributed by atoms with Crippen LogP contribution in [0.3, 0.4) is 0 Å². The van der Waals surface area contributed by atoms with Crippen molar-refractivity contribution in [3.05, 3.63) is 53.6 Å². The summed E-state index contributed by atoms with van der Waals surface area (Å²) in [6, 6.07) is 14.0. The molecule has 0 aromatic heterocycles. The van der Waals surface area contributed by atoms with E-state index >= 15 is 0 Å². The highest BCUT2D eigenvalue weighted by molar-refractivity contribution is 5.86. The second-order valence-corrected chi connectivity index (χ2v) is 3.81. The Labute approximate surface area is 111 Å². The number of ether oxygens (including phenoxy) is 1. The second-order valence-electron chi connectivity index (χ2n) is 3.81. The molecule has 0 radical (unpaired) electrons. The summed E-state index contributed by atoms with van der Waals surface area (Å²) in [6.45, 7) is 0. The fourth-order valence-corrected chi connectivity index (χ4v) is 1.58. The van der Waals surface area contributed by atoms with Crippen LogP contribution in [0, 0.1) is 11.3 Å². The first-order chi connectivity index (χ1) is 9.24. The Balaban J connectivity index is 2.35. The number of methoxy groups -OCH3 is 1. The number of benzene rings is 2. The molecule has 19 heavy (non-hydrogen) atoms. The Hall–Kier alpha value is -2.80. The molecule has 0 spiro atoms. The van der Waals surface area contributed by atoms with E-state index in [-0.39, 0.29) is 5.75 Å². The molecule has 2 aromatic rings. The summed E-state index contributed by atoms with van der Waals surface area (Å²) in [5.74, 6) is 0.742. The molecule has 0 aliphatic rings. The smallest absolute Gasteiger partial charge is 0.124 e. The Kier molecular flexibility index (Phi) is 3.79. The minimum absolute atomic E-state index is 0.110. The summed E-state index contributed by atoms with van der Waals surface area (Å²) in [4.78, 5) is 4.22. The van der Waals surface area contributed by atoms with Crippen LogP contribution in [0.2, 0.25) is 0 Å². The number of phenols is 1. The number of hydrogen-bond donors (Lipinski definition) is 1. The predicted molar refractivity (Wildman–Crippen MR) is 73.1 cm³/mol. The van der Waals surface area contributed by atoms with Crippen LogP contribution < -0.4 is 4.74 Å². The van der Waals surface area contributed by atoms with Gasteiger partial charge in [-0.2, -0.15) is 5.26 Å². The van der Waals surface area contributed by atoms with Crippen LogP contribution >= 0.6 is 0 Å². The molecule has 0 heterocycles. The van der Waals surface area contributed by atoms with Gasteiger partial charge in [0.05, 0.1) is 18.4 Å². The van der Waals surface area contributed by atoms with Crippen molar-refractivity contribution in [3.63, 3.8) is 0 Å². The van der Waals surface area contributed by atoms with Crippen molar-refractivity contribution in [2.24, 2.45) is 4.99 Å². The van der Waals surface area contributed by atoms with Gasteiger partial charge in [0.25, 0.3) is 0 Å². The highest BCUT2D eigenvalue weighted by atomic mass is 16.5. The quantitative estimate of drug-likeness (QED) is 0.854. The molecule has 0 fully saturated rings. The molecule has 94 valence electrons. The monoisotopic (exact) mass is 252 g/mol. The molecular weight excluding hydrogens is 240 g/mol. The van der Waals surface area contributed by atoms with Gasteiger partial charge in [-0.05, 0) is 30.3 Å². The van der Waals surface area contributed by atoms with E-state index in [0.717, 1.165) is 0 Å². The van der Waals surface area contributed by atoms with E-state index in [1.807, 2.05) is 0 Å². The Morgan fingerprint density at radius 1 is 1.26 bits per heavy atom. The molecule has 0 amide bonds. The maximum atomic E-state index is 9.72. The molecule has 4 nitrogen and oxygen atoms in total. The topological polar surface area (TPSA) is 65.6 Å². The highest BCUT2D eigenvalue weighted by Crippen LogP contribution is 2.23. The lowest BCUT2D eigenvalue weighted by Crippen LogP contribution is -1.87. The third-order valence-corrected chi connectivity index (χ3v) is 2.60. The molecule has 1 N–H and O–H groups in total. The van der Waals surface area contributed by atoms with Crippen LogP contribution in [0.25, 0.3) is 0 Å². The van der Waals surface area contributed by atoms with Gasteiger partial charge in [0.2, 0.25) is 0 Å². The number of nitriles is 1. The van der Waals surface area contributed by atoms with E-state index in [9.17, 15) is 5.11 Å². The van der Waals surface area contributed by atoms with E-state index in [2.05, 4.69) is 11.1 Å². The summed E-state index contributed by atoms with van der Waals surface area (Å²) in [6.07, 6.45) is 1.51. The summed E-state index contributed by atoms with van der Waals surface area (Å²) < 4.78 is 5.08. The molecule has 4 heteroatoms. The zero-order chi connectivity index (χ0) is 13.7. The average Bonchev–Trinajstić information content (AvgIpc) is 2.46. The molecule has 0 atom stereocenters. The summed E-state index contributed by atoms with van der Waals surface area (Å²) >= 11 is 0. The number of nitrogens with zero attached hydrogens (tertiary/aromatic N) is 2. The van der Waals surface area contributed by atoms with Gasteiger partial charge >= 0.3 is 0 Å². The minimum Gasteiger partial charge on any atom is -0.507 e. The van der Waals surface area contributed by atoms with Gasteiger partial charge in [-0.15, -0.1) is 0 Å². The van der Waals surface area contributed by atoms with Crippen LogP contribution in [-0.4, -0.2) is 18.4 Å². The van der Waals surface area contributed by atoms with Crippen LogP contribution in [-0.2, 0) is 0 Å². The average molecular weight is 252 g/mol. The predicted octanol–water partition coefficient (Wildman–Crippen LogP) is 3.02. The third kappa shape index (κ3) is 2.90. The number of rotatable bonds is 3. The lowest BCUT2D eigenvalue weighted by molar-refractivity contribution is 0.412. The van der Waals surface area contributed by atoms with Crippen molar-refractivity contribution in [3.8, 4) is 17.6 Å². The number of aromatic hydroxyl groups is 1. The molecule has 0 unspecified atom stereocenters. The largest absolute Gasteiger partial charge is 0.507 e. The van der Waals surface area contributed by atoms with Crippen LogP contribution in [0.15, 0.2) is 47.5 Å². The third-order valence-electron chi connectivity index (χ3n) is 2.60. The Morgan fingerprint density at radius 2 is 2.05 bits per heavy atom. The maximum Gasteiger partial charge on any atom is 0.124 e. The fourth-order valence-electron chi connectivity index (χ4n) is 1.58. The van der Waals surface area contributed by atoms with Crippen molar-refractivity contribution < 1.29 is 9.84 Å². The van der Waals surface area contributed by atoms with Crippen molar-refractivity contribution in [2.75, 3.05) is 7.11 Å². The molecule has 0 saturated carbocycles. The minimum atomic E-state index is 0.110. The summed E-state index contributed by atoms with van der Waals surface area (Å²) in [5, 5.41) is 18.7.